The van der Waals surface area contributed by atoms with E-state index in [1.165, 1.54) is 5.57 Å². The number of ether oxygens (including phenoxy) is 2. The molecule has 0 bridgehead atoms. The Bertz CT molecular complexity index is 1120. The summed E-state index contributed by atoms with van der Waals surface area (Å²) < 4.78 is 12.5. The lowest BCUT2D eigenvalue weighted by Gasteiger charge is -2.65. The monoisotopic (exact) mass is 622 g/mol. The van der Waals surface area contributed by atoms with Crippen LogP contribution in [0, 0.1) is 39.9 Å². The van der Waals surface area contributed by atoms with Gasteiger partial charge in [0.1, 0.15) is 24.4 Å². The minimum Gasteiger partial charge on any atom is -0.394 e. The van der Waals surface area contributed by atoms with Crippen LogP contribution in [0.1, 0.15) is 93.4 Å². The Morgan fingerprint density at radius 3 is 2.32 bits per heavy atom. The summed E-state index contributed by atoms with van der Waals surface area (Å²) in [5.74, 6) is -0.251. The van der Waals surface area contributed by atoms with E-state index in [1.807, 2.05) is 26.8 Å². The van der Waals surface area contributed by atoms with Crippen molar-refractivity contribution in [1.82, 2.24) is 0 Å². The third-order valence-corrected chi connectivity index (χ3v) is 13.2. The highest BCUT2D eigenvalue weighted by atomic mass is 16.7. The number of aliphatic hydroxyl groups excluding tert-OH is 7. The Hall–Kier alpha value is -0.880. The predicted octanol–water partition coefficient (Wildman–Crippen LogP) is 2.83. The summed E-state index contributed by atoms with van der Waals surface area (Å²) in [6, 6.07) is 0. The summed E-state index contributed by atoms with van der Waals surface area (Å²) in [4.78, 5) is 0. The minimum absolute atomic E-state index is 0.0158. The third-order valence-electron chi connectivity index (χ3n) is 13.2. The second-order valence-corrected chi connectivity index (χ2v) is 16.3. The van der Waals surface area contributed by atoms with Crippen LogP contribution in [-0.2, 0) is 9.47 Å². The molecule has 3 saturated carbocycles. The molecule has 1 saturated heterocycles. The molecular weight excluding hydrogens is 564 g/mol. The minimum atomic E-state index is -1.54. The van der Waals surface area contributed by atoms with Gasteiger partial charge in [-0.25, -0.2) is 0 Å². The quantitative estimate of drug-likeness (QED) is 0.212. The molecule has 7 N–H and O–H groups in total. The molecule has 0 radical (unpaired) electrons. The summed E-state index contributed by atoms with van der Waals surface area (Å²) in [5.41, 5.74) is 0.193. The molecule has 15 atom stereocenters. The summed E-state index contributed by atoms with van der Waals surface area (Å²) in [5, 5.41) is 76.5. The molecule has 0 aromatic rings. The smallest absolute Gasteiger partial charge is 0.187 e. The normalized spacial score (nSPS) is 49.6. The van der Waals surface area contributed by atoms with Crippen LogP contribution in [0.15, 0.2) is 23.3 Å². The Labute approximate surface area is 263 Å². The summed E-state index contributed by atoms with van der Waals surface area (Å²) >= 11 is 0. The largest absolute Gasteiger partial charge is 0.394 e. The van der Waals surface area contributed by atoms with Crippen molar-refractivity contribution >= 4 is 0 Å². The summed E-state index contributed by atoms with van der Waals surface area (Å²) in [7, 11) is 0. The Kier molecular flexibility index (Phi) is 9.38. The van der Waals surface area contributed by atoms with Gasteiger partial charge >= 0.3 is 0 Å². The van der Waals surface area contributed by atoms with E-state index in [2.05, 4.69) is 33.8 Å². The first-order chi connectivity index (χ1) is 20.4. The lowest BCUT2D eigenvalue weighted by molar-refractivity contribution is -0.334. The lowest BCUT2D eigenvalue weighted by atomic mass is 9.40. The van der Waals surface area contributed by atoms with Crippen LogP contribution in [0.25, 0.3) is 0 Å². The number of rotatable bonds is 7. The third kappa shape index (κ3) is 5.27. The van der Waals surface area contributed by atoms with Crippen LogP contribution in [0.5, 0.6) is 0 Å². The standard InChI is InChI=1S/C35H58O9/c1-18(2)9-8-13-34(6,44-31-30(42)29(41)28(40)22(17-36)43-31)19-10-11-20-27(19)21(37)15-24-33(5)14-12-25(38)32(3,4)23(33)16-26(39)35(20,24)7/h9,16,19-22,24-31,36-42H,8,10-15,17H2,1-7H3. The molecule has 0 aromatic heterocycles. The van der Waals surface area contributed by atoms with Gasteiger partial charge in [0.25, 0.3) is 0 Å². The first-order valence-corrected chi connectivity index (χ1v) is 16.8. The summed E-state index contributed by atoms with van der Waals surface area (Å²) in [6.07, 6.45) is 0.315. The fourth-order valence-electron chi connectivity index (χ4n) is 10.6. The molecule has 4 fully saturated rings. The molecule has 5 aliphatic rings. The van der Waals surface area contributed by atoms with Crippen molar-refractivity contribution in [3.05, 3.63) is 23.3 Å². The zero-order valence-electron chi connectivity index (χ0n) is 27.7. The van der Waals surface area contributed by atoms with Crippen LogP contribution < -0.4 is 0 Å². The molecule has 5 rings (SSSR count). The van der Waals surface area contributed by atoms with Crippen molar-refractivity contribution in [3.63, 3.8) is 0 Å². The van der Waals surface area contributed by atoms with Crippen molar-refractivity contribution in [2.45, 2.75) is 148 Å². The van der Waals surface area contributed by atoms with E-state index in [0.717, 1.165) is 24.8 Å². The molecule has 1 heterocycles. The van der Waals surface area contributed by atoms with Gasteiger partial charge in [-0.1, -0.05) is 51.0 Å². The highest BCUT2D eigenvalue weighted by Gasteiger charge is 2.68. The Balaban J connectivity index is 1.50. The average Bonchev–Trinajstić information content (AvgIpc) is 3.43. The molecule has 1 aliphatic heterocycles. The molecule has 15 unspecified atom stereocenters. The number of hydrogen-bond donors (Lipinski definition) is 7. The maximum Gasteiger partial charge on any atom is 0.187 e. The Morgan fingerprint density at radius 1 is 1.00 bits per heavy atom. The van der Waals surface area contributed by atoms with Gasteiger partial charge in [-0.2, -0.15) is 0 Å². The van der Waals surface area contributed by atoms with Gasteiger partial charge in [0.05, 0.1) is 30.5 Å². The SMILES string of the molecule is CC(C)=CCCC(C)(OC1OC(CO)C(O)C(O)C1O)C1CCC2C1C(O)CC1C3(C)CCC(O)C(C)(C)C3=CC(O)C21C. The zero-order chi connectivity index (χ0) is 32.6. The zero-order valence-corrected chi connectivity index (χ0v) is 27.7. The van der Waals surface area contributed by atoms with Crippen LogP contribution in [0.3, 0.4) is 0 Å². The van der Waals surface area contributed by atoms with Gasteiger partial charge < -0.3 is 45.2 Å². The van der Waals surface area contributed by atoms with Gasteiger partial charge in [-0.3, -0.25) is 0 Å². The fourth-order valence-corrected chi connectivity index (χ4v) is 10.6. The first-order valence-electron chi connectivity index (χ1n) is 16.8. The maximum atomic E-state index is 12.1. The molecule has 4 aliphatic carbocycles. The van der Waals surface area contributed by atoms with Crippen LogP contribution >= 0.6 is 0 Å². The van der Waals surface area contributed by atoms with Crippen LogP contribution in [0.4, 0.5) is 0 Å². The number of aliphatic hydroxyl groups is 7. The van der Waals surface area contributed by atoms with Crippen molar-refractivity contribution in [3.8, 4) is 0 Å². The molecule has 9 nitrogen and oxygen atoms in total. The van der Waals surface area contributed by atoms with Crippen molar-refractivity contribution in [2.75, 3.05) is 6.61 Å². The van der Waals surface area contributed by atoms with E-state index in [-0.39, 0.29) is 29.1 Å². The lowest BCUT2D eigenvalue weighted by Crippen LogP contribution is -2.64. The first kappa shape index (κ1) is 34.5. The van der Waals surface area contributed by atoms with Gasteiger partial charge in [-0.05, 0) is 94.8 Å². The fraction of sp³-hybridized carbons (Fsp3) is 0.886. The Morgan fingerprint density at radius 2 is 1.68 bits per heavy atom. The maximum absolute atomic E-state index is 12.1. The van der Waals surface area contributed by atoms with Gasteiger partial charge in [0.2, 0.25) is 0 Å². The van der Waals surface area contributed by atoms with Gasteiger partial charge in [0, 0.05) is 10.8 Å². The van der Waals surface area contributed by atoms with E-state index in [4.69, 9.17) is 9.47 Å². The highest BCUT2D eigenvalue weighted by Crippen LogP contribution is 2.70. The second kappa shape index (κ2) is 12.0. The topological polar surface area (TPSA) is 160 Å². The molecule has 0 spiro atoms. The van der Waals surface area contributed by atoms with Crippen LogP contribution in [-0.4, -0.2) is 97.0 Å². The average molecular weight is 623 g/mol. The van der Waals surface area contributed by atoms with Crippen molar-refractivity contribution in [2.24, 2.45) is 39.9 Å². The molecule has 252 valence electrons. The van der Waals surface area contributed by atoms with Gasteiger partial charge in [0.15, 0.2) is 6.29 Å². The predicted molar refractivity (Wildman–Crippen MR) is 165 cm³/mol. The molecule has 0 amide bonds. The molecule has 9 heteroatoms. The highest BCUT2D eigenvalue weighted by molar-refractivity contribution is 5.35. The van der Waals surface area contributed by atoms with E-state index in [1.54, 1.807) is 0 Å². The van der Waals surface area contributed by atoms with E-state index < -0.39 is 72.1 Å². The van der Waals surface area contributed by atoms with Crippen LogP contribution in [0.2, 0.25) is 0 Å². The van der Waals surface area contributed by atoms with Crippen molar-refractivity contribution < 1.29 is 45.2 Å². The van der Waals surface area contributed by atoms with E-state index in [9.17, 15) is 35.7 Å². The second-order valence-electron chi connectivity index (χ2n) is 16.3. The van der Waals surface area contributed by atoms with Gasteiger partial charge in [-0.15, -0.1) is 0 Å². The van der Waals surface area contributed by atoms with E-state index in [0.29, 0.717) is 25.7 Å². The van der Waals surface area contributed by atoms with Crippen molar-refractivity contribution in [1.29, 1.82) is 0 Å². The number of allylic oxidation sites excluding steroid dienone is 2. The molecule has 44 heavy (non-hydrogen) atoms. The summed E-state index contributed by atoms with van der Waals surface area (Å²) in [6.45, 7) is 14.1. The number of fused-ring (bicyclic) bond motifs is 5. The number of hydrogen-bond acceptors (Lipinski definition) is 9. The molecular formula is C35H58O9. The van der Waals surface area contributed by atoms with E-state index >= 15 is 0 Å². The molecule has 0 aromatic carbocycles.